The molecule has 0 atom stereocenters. The predicted molar refractivity (Wildman–Crippen MR) is 80.4 cm³/mol. The summed E-state index contributed by atoms with van der Waals surface area (Å²) in [5, 5.41) is 7.56. The molecule has 0 aliphatic carbocycles. The van der Waals surface area contributed by atoms with E-state index in [9.17, 15) is 9.59 Å². The van der Waals surface area contributed by atoms with E-state index in [4.69, 9.17) is 0 Å². The maximum atomic E-state index is 12.4. The quantitative estimate of drug-likeness (QED) is 0.771. The zero-order valence-corrected chi connectivity index (χ0v) is 11.5. The standard InChI is InChI=1S/C15H14N4O2/c1-2-19-9-10(8-16-19)17-15(21)12-7-14(20)18-13-6-4-3-5-11(12)13/h3-9H,2H2,1H3,(H,17,21)(H,18,20). The number of nitrogens with one attached hydrogen (secondary N) is 2. The zero-order valence-electron chi connectivity index (χ0n) is 11.5. The largest absolute Gasteiger partial charge is 0.322 e. The van der Waals surface area contributed by atoms with Crippen molar-refractivity contribution >= 4 is 22.5 Å². The number of hydrogen-bond donors (Lipinski definition) is 2. The number of H-pyrrole nitrogens is 1. The van der Waals surface area contributed by atoms with E-state index in [-0.39, 0.29) is 11.5 Å². The lowest BCUT2D eigenvalue weighted by Gasteiger charge is -2.06. The van der Waals surface area contributed by atoms with Crippen molar-refractivity contribution in [3.8, 4) is 0 Å². The monoisotopic (exact) mass is 282 g/mol. The number of aromatic nitrogens is 3. The number of nitrogens with zero attached hydrogens (tertiary/aromatic N) is 2. The van der Waals surface area contributed by atoms with Gasteiger partial charge in [-0.3, -0.25) is 14.3 Å². The van der Waals surface area contributed by atoms with Crippen LogP contribution >= 0.6 is 0 Å². The van der Waals surface area contributed by atoms with Gasteiger partial charge in [-0.2, -0.15) is 5.10 Å². The number of hydrogen-bond acceptors (Lipinski definition) is 3. The van der Waals surface area contributed by atoms with Gasteiger partial charge in [-0.25, -0.2) is 0 Å². The Kier molecular flexibility index (Phi) is 3.27. The molecule has 2 heterocycles. The molecule has 0 aliphatic rings. The molecule has 0 fully saturated rings. The number of carbonyl (C=O) groups is 1. The van der Waals surface area contributed by atoms with E-state index in [1.54, 1.807) is 29.2 Å². The minimum atomic E-state index is -0.326. The highest BCUT2D eigenvalue weighted by Crippen LogP contribution is 2.16. The van der Waals surface area contributed by atoms with Crippen LogP contribution < -0.4 is 10.9 Å². The Morgan fingerprint density at radius 2 is 2.19 bits per heavy atom. The molecule has 0 bridgehead atoms. The number of benzene rings is 1. The average molecular weight is 282 g/mol. The first-order valence-electron chi connectivity index (χ1n) is 6.63. The van der Waals surface area contributed by atoms with Crippen LogP contribution in [0.1, 0.15) is 17.3 Å². The number of fused-ring (bicyclic) bond motifs is 1. The molecule has 106 valence electrons. The lowest BCUT2D eigenvalue weighted by atomic mass is 10.1. The van der Waals surface area contributed by atoms with E-state index in [1.807, 2.05) is 19.1 Å². The number of para-hydroxylation sites is 1. The molecule has 0 saturated heterocycles. The molecule has 0 aliphatic heterocycles. The number of aromatic amines is 1. The van der Waals surface area contributed by atoms with Crippen LogP contribution in [-0.4, -0.2) is 20.7 Å². The summed E-state index contributed by atoms with van der Waals surface area (Å²) >= 11 is 0. The highest BCUT2D eigenvalue weighted by molar-refractivity contribution is 6.12. The van der Waals surface area contributed by atoms with Gasteiger partial charge in [0.2, 0.25) is 5.56 Å². The van der Waals surface area contributed by atoms with Gasteiger partial charge in [0.05, 0.1) is 17.4 Å². The molecule has 1 amide bonds. The van der Waals surface area contributed by atoms with Gasteiger partial charge in [0.1, 0.15) is 0 Å². The Morgan fingerprint density at radius 1 is 1.38 bits per heavy atom. The van der Waals surface area contributed by atoms with Crippen LogP contribution in [0.25, 0.3) is 10.9 Å². The molecule has 3 aromatic rings. The molecule has 21 heavy (non-hydrogen) atoms. The van der Waals surface area contributed by atoms with E-state index >= 15 is 0 Å². The number of rotatable bonds is 3. The van der Waals surface area contributed by atoms with Crippen LogP contribution in [-0.2, 0) is 6.54 Å². The normalized spacial score (nSPS) is 10.7. The summed E-state index contributed by atoms with van der Waals surface area (Å²) in [6, 6.07) is 8.51. The van der Waals surface area contributed by atoms with Crippen LogP contribution in [0.15, 0.2) is 47.5 Å². The van der Waals surface area contributed by atoms with E-state index in [1.165, 1.54) is 6.07 Å². The van der Waals surface area contributed by atoms with Gasteiger partial charge in [-0.15, -0.1) is 0 Å². The first-order chi connectivity index (χ1) is 10.2. The van der Waals surface area contributed by atoms with Crippen molar-refractivity contribution in [2.75, 3.05) is 5.32 Å². The van der Waals surface area contributed by atoms with Crippen molar-refractivity contribution in [2.45, 2.75) is 13.5 Å². The Hall–Kier alpha value is -2.89. The predicted octanol–water partition coefficient (Wildman–Crippen LogP) is 2.00. The smallest absolute Gasteiger partial charge is 0.256 e. The topological polar surface area (TPSA) is 79.8 Å². The first-order valence-corrected chi connectivity index (χ1v) is 6.63. The summed E-state index contributed by atoms with van der Waals surface area (Å²) < 4.78 is 1.71. The van der Waals surface area contributed by atoms with E-state index in [0.717, 1.165) is 6.54 Å². The van der Waals surface area contributed by atoms with Crippen LogP contribution in [0.3, 0.4) is 0 Å². The summed E-state index contributed by atoms with van der Waals surface area (Å²) in [5.74, 6) is -0.326. The summed E-state index contributed by atoms with van der Waals surface area (Å²) in [6.45, 7) is 2.69. The second-order valence-electron chi connectivity index (χ2n) is 4.63. The molecule has 2 aromatic heterocycles. The molecule has 0 radical (unpaired) electrons. The highest BCUT2D eigenvalue weighted by Gasteiger charge is 2.12. The third-order valence-corrected chi connectivity index (χ3v) is 3.21. The van der Waals surface area contributed by atoms with Crippen molar-refractivity contribution in [3.63, 3.8) is 0 Å². The van der Waals surface area contributed by atoms with Crippen molar-refractivity contribution in [3.05, 3.63) is 58.6 Å². The van der Waals surface area contributed by atoms with E-state index in [2.05, 4.69) is 15.4 Å². The summed E-state index contributed by atoms with van der Waals surface area (Å²) in [7, 11) is 0. The summed E-state index contributed by atoms with van der Waals surface area (Å²) in [4.78, 5) is 26.7. The van der Waals surface area contributed by atoms with Gasteiger partial charge >= 0.3 is 0 Å². The first kappa shape index (κ1) is 13.1. The Balaban J connectivity index is 1.99. The molecule has 1 aromatic carbocycles. The van der Waals surface area contributed by atoms with Gasteiger partial charge in [-0.05, 0) is 13.0 Å². The van der Waals surface area contributed by atoms with Crippen LogP contribution in [0.5, 0.6) is 0 Å². The fourth-order valence-corrected chi connectivity index (χ4v) is 2.19. The molecule has 0 spiro atoms. The second-order valence-corrected chi connectivity index (χ2v) is 4.63. The maximum Gasteiger partial charge on any atom is 0.256 e. The molecule has 6 heteroatoms. The molecular weight excluding hydrogens is 268 g/mol. The number of pyridine rings is 1. The fourth-order valence-electron chi connectivity index (χ4n) is 2.19. The highest BCUT2D eigenvalue weighted by atomic mass is 16.2. The van der Waals surface area contributed by atoms with E-state index < -0.39 is 0 Å². The molecule has 0 unspecified atom stereocenters. The van der Waals surface area contributed by atoms with Crippen molar-refractivity contribution in [2.24, 2.45) is 0 Å². The van der Waals surface area contributed by atoms with Gasteiger partial charge in [0.25, 0.3) is 5.91 Å². The molecular formula is C15H14N4O2. The minimum Gasteiger partial charge on any atom is -0.322 e. The van der Waals surface area contributed by atoms with E-state index in [0.29, 0.717) is 22.2 Å². The maximum absolute atomic E-state index is 12.4. The molecule has 2 N–H and O–H groups in total. The number of carbonyl (C=O) groups excluding carboxylic acids is 1. The average Bonchev–Trinajstić information content (AvgIpc) is 2.94. The minimum absolute atomic E-state index is 0.303. The zero-order chi connectivity index (χ0) is 14.8. The van der Waals surface area contributed by atoms with Crippen molar-refractivity contribution in [1.29, 1.82) is 0 Å². The molecule has 0 saturated carbocycles. The van der Waals surface area contributed by atoms with Gasteiger partial charge in [0, 0.05) is 29.7 Å². The molecule has 6 nitrogen and oxygen atoms in total. The Morgan fingerprint density at radius 3 is 2.95 bits per heavy atom. The van der Waals surface area contributed by atoms with Crippen molar-refractivity contribution < 1.29 is 4.79 Å². The molecule has 3 rings (SSSR count). The van der Waals surface area contributed by atoms with Gasteiger partial charge < -0.3 is 10.3 Å². The number of aryl methyl sites for hydroxylation is 1. The Bertz CT molecular complexity index is 863. The van der Waals surface area contributed by atoms with Gasteiger partial charge in [-0.1, -0.05) is 18.2 Å². The van der Waals surface area contributed by atoms with Crippen LogP contribution in [0.2, 0.25) is 0 Å². The lowest BCUT2D eigenvalue weighted by Crippen LogP contribution is -2.16. The summed E-state index contributed by atoms with van der Waals surface area (Å²) in [5.41, 5.74) is 1.28. The van der Waals surface area contributed by atoms with Gasteiger partial charge in [0.15, 0.2) is 0 Å². The van der Waals surface area contributed by atoms with Crippen molar-refractivity contribution in [1.82, 2.24) is 14.8 Å². The fraction of sp³-hybridized carbons (Fsp3) is 0.133. The Labute approximate surface area is 120 Å². The third-order valence-electron chi connectivity index (χ3n) is 3.21. The number of amides is 1. The van der Waals surface area contributed by atoms with Crippen LogP contribution in [0.4, 0.5) is 5.69 Å². The summed E-state index contributed by atoms with van der Waals surface area (Å²) in [6.07, 6.45) is 3.32. The lowest BCUT2D eigenvalue weighted by molar-refractivity contribution is 0.102. The second kappa shape index (κ2) is 5.24. The number of anilines is 1. The van der Waals surface area contributed by atoms with Crippen LogP contribution in [0, 0.1) is 0 Å². The SMILES string of the molecule is CCn1cc(NC(=O)c2cc(=O)[nH]c3ccccc23)cn1. The third kappa shape index (κ3) is 2.55.